The fraction of sp³-hybridized carbons (Fsp3) is 0.0500. The lowest BCUT2D eigenvalue weighted by atomic mass is 10.0. The van der Waals surface area contributed by atoms with Gasteiger partial charge in [0.05, 0.1) is 32.2 Å². The summed E-state index contributed by atoms with van der Waals surface area (Å²) in [6.07, 6.45) is 4.69. The minimum Gasteiger partial charge on any atom is -0.268 e. The van der Waals surface area contributed by atoms with Gasteiger partial charge in [-0.2, -0.15) is 5.10 Å². The predicted octanol–water partition coefficient (Wildman–Crippen LogP) is 4.14. The maximum Gasteiger partial charge on any atom is 0.267 e. The van der Waals surface area contributed by atoms with E-state index in [9.17, 15) is 9.59 Å². The number of aryl methyl sites for hydroxylation is 1. The molecule has 29 heavy (non-hydrogen) atoms. The third-order valence-electron chi connectivity index (χ3n) is 4.82. The molecule has 0 aliphatic carbocycles. The number of hydrogen-bond acceptors (Lipinski definition) is 5. The maximum atomic E-state index is 13.4. The highest BCUT2D eigenvalue weighted by Crippen LogP contribution is 2.38. The minimum absolute atomic E-state index is 0.219. The Morgan fingerprint density at radius 3 is 2.45 bits per heavy atom. The van der Waals surface area contributed by atoms with Crippen LogP contribution in [-0.2, 0) is 7.05 Å². The number of hydrogen-bond donors (Lipinski definition) is 0. The quantitative estimate of drug-likeness (QED) is 0.452. The third-order valence-corrected chi connectivity index (χ3v) is 5.56. The van der Waals surface area contributed by atoms with E-state index < -0.39 is 11.8 Å². The molecule has 0 saturated carbocycles. The molecule has 4 heterocycles. The third kappa shape index (κ3) is 2.55. The maximum absolute atomic E-state index is 13.4. The number of halogens is 2. The molecule has 0 saturated heterocycles. The number of pyridine rings is 2. The Bertz CT molecular complexity index is 1330. The first kappa shape index (κ1) is 17.8. The highest BCUT2D eigenvalue weighted by Gasteiger charge is 2.40. The van der Waals surface area contributed by atoms with E-state index in [2.05, 4.69) is 15.1 Å². The fourth-order valence-corrected chi connectivity index (χ4v) is 3.79. The summed E-state index contributed by atoms with van der Waals surface area (Å²) in [5, 5.41) is 5.64. The van der Waals surface area contributed by atoms with Crippen LogP contribution in [0.3, 0.4) is 0 Å². The zero-order chi connectivity index (χ0) is 20.3. The summed E-state index contributed by atoms with van der Waals surface area (Å²) >= 11 is 12.1. The van der Waals surface area contributed by atoms with Crippen LogP contribution in [-0.4, -0.2) is 31.6 Å². The van der Waals surface area contributed by atoms with Crippen LogP contribution >= 0.6 is 23.2 Å². The first-order valence-electron chi connectivity index (χ1n) is 8.57. The van der Waals surface area contributed by atoms with Crippen LogP contribution in [0, 0.1) is 0 Å². The SMILES string of the molecule is Cn1nc(-c2ccncc2)c2c3c(cnc21)C(=O)N(c1ccc(Cl)c(Cl)c1)C3=O. The van der Waals surface area contributed by atoms with E-state index in [-0.39, 0.29) is 16.1 Å². The van der Waals surface area contributed by atoms with Crippen molar-refractivity contribution in [3.63, 3.8) is 0 Å². The van der Waals surface area contributed by atoms with Crippen molar-refractivity contribution in [2.75, 3.05) is 4.90 Å². The molecular weight excluding hydrogens is 413 g/mol. The highest BCUT2D eigenvalue weighted by molar-refractivity contribution is 6.43. The number of benzene rings is 1. The van der Waals surface area contributed by atoms with Crippen LogP contribution in [0.1, 0.15) is 20.7 Å². The molecule has 0 atom stereocenters. The Kier molecular flexibility index (Phi) is 3.90. The smallest absolute Gasteiger partial charge is 0.267 e. The molecule has 0 fully saturated rings. The van der Waals surface area contributed by atoms with Crippen LogP contribution in [0.25, 0.3) is 22.3 Å². The van der Waals surface area contributed by atoms with Gasteiger partial charge in [-0.1, -0.05) is 23.2 Å². The number of carbonyl (C=O) groups excluding carboxylic acids is 2. The average molecular weight is 424 g/mol. The molecule has 1 aliphatic rings. The van der Waals surface area contributed by atoms with E-state index in [4.69, 9.17) is 23.2 Å². The lowest BCUT2D eigenvalue weighted by molar-refractivity contribution is 0.0926. The van der Waals surface area contributed by atoms with Crippen molar-refractivity contribution in [3.05, 3.63) is 70.1 Å². The molecule has 0 unspecified atom stereocenters. The second kappa shape index (κ2) is 6.37. The number of amides is 2. The zero-order valence-corrected chi connectivity index (χ0v) is 16.4. The van der Waals surface area contributed by atoms with Crippen LogP contribution < -0.4 is 4.90 Å². The van der Waals surface area contributed by atoms with E-state index in [0.717, 1.165) is 10.5 Å². The number of anilines is 1. The molecule has 9 heteroatoms. The molecule has 142 valence electrons. The van der Waals surface area contributed by atoms with Gasteiger partial charge < -0.3 is 0 Å². The van der Waals surface area contributed by atoms with Crippen molar-refractivity contribution in [2.45, 2.75) is 0 Å². The topological polar surface area (TPSA) is 81.0 Å². The van der Waals surface area contributed by atoms with E-state index in [0.29, 0.717) is 27.4 Å². The number of imide groups is 1. The lowest BCUT2D eigenvalue weighted by Crippen LogP contribution is -2.29. The van der Waals surface area contributed by atoms with Gasteiger partial charge in [0, 0.05) is 31.2 Å². The van der Waals surface area contributed by atoms with Crippen molar-refractivity contribution in [1.82, 2.24) is 19.7 Å². The van der Waals surface area contributed by atoms with Gasteiger partial charge in [0.2, 0.25) is 0 Å². The van der Waals surface area contributed by atoms with Gasteiger partial charge >= 0.3 is 0 Å². The van der Waals surface area contributed by atoms with Gasteiger partial charge in [-0.3, -0.25) is 14.6 Å². The van der Waals surface area contributed by atoms with E-state index in [1.54, 1.807) is 48.4 Å². The molecule has 1 aromatic carbocycles. The number of aromatic nitrogens is 4. The second-order valence-electron chi connectivity index (χ2n) is 6.50. The van der Waals surface area contributed by atoms with Crippen molar-refractivity contribution in [1.29, 1.82) is 0 Å². The Morgan fingerprint density at radius 1 is 0.966 bits per heavy atom. The summed E-state index contributed by atoms with van der Waals surface area (Å²) in [6.45, 7) is 0. The summed E-state index contributed by atoms with van der Waals surface area (Å²) in [4.78, 5) is 35.9. The molecule has 0 spiro atoms. The van der Waals surface area contributed by atoms with Gasteiger partial charge in [-0.15, -0.1) is 0 Å². The van der Waals surface area contributed by atoms with Crippen molar-refractivity contribution >= 4 is 51.7 Å². The molecule has 3 aromatic heterocycles. The number of fused-ring (bicyclic) bond motifs is 3. The summed E-state index contributed by atoms with van der Waals surface area (Å²) in [7, 11) is 1.74. The Labute approximate surface area is 174 Å². The van der Waals surface area contributed by atoms with E-state index in [1.165, 1.54) is 12.3 Å². The van der Waals surface area contributed by atoms with Gasteiger partial charge in [-0.05, 0) is 30.3 Å². The molecule has 7 nitrogen and oxygen atoms in total. The number of carbonyl (C=O) groups is 2. The Hall–Kier alpha value is -3.29. The summed E-state index contributed by atoms with van der Waals surface area (Å²) in [6, 6.07) is 8.19. The molecule has 0 N–H and O–H groups in total. The minimum atomic E-state index is -0.470. The van der Waals surface area contributed by atoms with Gasteiger partial charge in [0.15, 0.2) is 5.65 Å². The van der Waals surface area contributed by atoms with E-state index >= 15 is 0 Å². The van der Waals surface area contributed by atoms with E-state index in [1.807, 2.05) is 0 Å². The Balaban J connectivity index is 1.76. The first-order chi connectivity index (χ1) is 14.0. The van der Waals surface area contributed by atoms with Crippen LogP contribution in [0.4, 0.5) is 5.69 Å². The summed E-state index contributed by atoms with van der Waals surface area (Å²) < 4.78 is 1.59. The van der Waals surface area contributed by atoms with Gasteiger partial charge in [0.25, 0.3) is 11.8 Å². The monoisotopic (exact) mass is 423 g/mol. The predicted molar refractivity (Wildman–Crippen MR) is 109 cm³/mol. The number of nitrogens with zero attached hydrogens (tertiary/aromatic N) is 5. The summed E-state index contributed by atoms with van der Waals surface area (Å²) in [5.74, 6) is -0.929. The van der Waals surface area contributed by atoms with Gasteiger partial charge in [0.1, 0.15) is 5.69 Å². The van der Waals surface area contributed by atoms with Crippen LogP contribution in [0.15, 0.2) is 48.9 Å². The lowest BCUT2D eigenvalue weighted by Gasteiger charge is -2.14. The molecule has 0 radical (unpaired) electrons. The van der Waals surface area contributed by atoms with Crippen molar-refractivity contribution in [3.8, 4) is 11.3 Å². The summed E-state index contributed by atoms with van der Waals surface area (Å²) in [5.41, 5.74) is 2.67. The van der Waals surface area contributed by atoms with Crippen molar-refractivity contribution < 1.29 is 9.59 Å². The average Bonchev–Trinajstić information content (AvgIpc) is 3.19. The van der Waals surface area contributed by atoms with Crippen LogP contribution in [0.2, 0.25) is 10.0 Å². The number of rotatable bonds is 2. The molecule has 4 aromatic rings. The van der Waals surface area contributed by atoms with Crippen molar-refractivity contribution in [2.24, 2.45) is 7.05 Å². The fourth-order valence-electron chi connectivity index (χ4n) is 3.50. The normalized spacial score (nSPS) is 13.4. The molecule has 5 rings (SSSR count). The first-order valence-corrected chi connectivity index (χ1v) is 9.33. The molecule has 0 bridgehead atoms. The Morgan fingerprint density at radius 2 is 1.72 bits per heavy atom. The molecule has 2 amide bonds. The molecular formula is C20H11Cl2N5O2. The van der Waals surface area contributed by atoms with Crippen LogP contribution in [0.5, 0.6) is 0 Å². The molecule has 1 aliphatic heterocycles. The zero-order valence-electron chi connectivity index (χ0n) is 14.9. The largest absolute Gasteiger partial charge is 0.268 e. The second-order valence-corrected chi connectivity index (χ2v) is 7.31. The highest BCUT2D eigenvalue weighted by atomic mass is 35.5. The standard InChI is InChI=1S/C20H11Cl2N5O2/c1-26-18-16(17(25-26)10-4-6-23-7-5-10)15-12(9-24-18)19(28)27(20(15)29)11-2-3-13(21)14(22)8-11/h2-9H,1H3. The van der Waals surface area contributed by atoms with Gasteiger partial charge in [-0.25, -0.2) is 14.6 Å².